The number of carbonyl (C=O) groups is 1. The Kier molecular flexibility index (Phi) is 5.60. The largest absolute Gasteiger partial charge is 0.369 e. The second-order valence-corrected chi connectivity index (χ2v) is 5.45. The number of amides is 1. The second kappa shape index (κ2) is 6.53. The average molecular weight is 256 g/mol. The van der Waals surface area contributed by atoms with Crippen molar-refractivity contribution in [2.75, 3.05) is 13.7 Å². The average Bonchev–Trinajstić information content (AvgIpc) is 2.40. The van der Waals surface area contributed by atoms with Crippen LogP contribution in [0.3, 0.4) is 0 Å². The normalized spacial score (nSPS) is 27.6. The van der Waals surface area contributed by atoms with Gasteiger partial charge in [0.1, 0.15) is 5.60 Å². The first-order valence-corrected chi connectivity index (χ1v) is 7.10. The molecule has 0 aromatic heterocycles. The zero-order valence-electron chi connectivity index (χ0n) is 12.2. The van der Waals surface area contributed by atoms with Crippen LogP contribution in [0.5, 0.6) is 0 Å². The number of hydrogen-bond donors (Lipinski definition) is 1. The van der Waals surface area contributed by atoms with E-state index in [1.54, 1.807) is 7.11 Å². The first kappa shape index (κ1) is 15.4. The molecule has 0 saturated heterocycles. The molecule has 2 N–H and O–H groups in total. The minimum Gasteiger partial charge on any atom is -0.369 e. The fraction of sp³-hybridized carbons (Fsp3) is 0.929. The summed E-state index contributed by atoms with van der Waals surface area (Å²) in [6, 6.07) is 0.651. The molecule has 1 fully saturated rings. The van der Waals surface area contributed by atoms with E-state index in [1.165, 1.54) is 0 Å². The second-order valence-electron chi connectivity index (χ2n) is 5.45. The smallest absolute Gasteiger partial charge is 0.254 e. The zero-order chi connectivity index (χ0) is 13.8. The molecule has 1 rings (SSSR count). The van der Waals surface area contributed by atoms with E-state index in [-0.39, 0.29) is 5.91 Å². The summed E-state index contributed by atoms with van der Waals surface area (Å²) >= 11 is 0. The lowest BCUT2D eigenvalue weighted by molar-refractivity contribution is -0.156. The summed E-state index contributed by atoms with van der Waals surface area (Å²) in [7, 11) is 1.62. The highest BCUT2D eigenvalue weighted by atomic mass is 16.5. The third kappa shape index (κ3) is 3.23. The molecule has 0 radical (unpaired) electrons. The van der Waals surface area contributed by atoms with Crippen LogP contribution in [0.1, 0.15) is 52.9 Å². The SMILES string of the molecule is CCN(C(=O)C(C)(CC)OC)C1CCC(N)CC1. The number of ether oxygens (including phenoxy) is 1. The summed E-state index contributed by atoms with van der Waals surface area (Å²) in [5.74, 6) is 0.121. The topological polar surface area (TPSA) is 55.6 Å². The molecule has 1 unspecified atom stereocenters. The van der Waals surface area contributed by atoms with Gasteiger partial charge < -0.3 is 15.4 Å². The molecule has 0 aromatic rings. The van der Waals surface area contributed by atoms with Gasteiger partial charge in [0, 0.05) is 25.7 Å². The molecule has 0 aromatic carbocycles. The third-order valence-electron chi connectivity index (χ3n) is 4.36. The Labute approximate surface area is 111 Å². The maximum absolute atomic E-state index is 12.6. The number of hydrogen-bond acceptors (Lipinski definition) is 3. The number of carbonyl (C=O) groups excluding carboxylic acids is 1. The van der Waals surface area contributed by atoms with E-state index in [0.717, 1.165) is 32.2 Å². The molecular formula is C14H28N2O2. The van der Waals surface area contributed by atoms with Crippen LogP contribution >= 0.6 is 0 Å². The highest BCUT2D eigenvalue weighted by molar-refractivity contribution is 5.85. The summed E-state index contributed by atoms with van der Waals surface area (Å²) in [6.07, 6.45) is 4.77. The molecular weight excluding hydrogens is 228 g/mol. The summed E-state index contributed by atoms with van der Waals surface area (Å²) < 4.78 is 5.43. The Morgan fingerprint density at radius 2 is 1.89 bits per heavy atom. The van der Waals surface area contributed by atoms with Crippen LogP contribution < -0.4 is 5.73 Å². The van der Waals surface area contributed by atoms with Gasteiger partial charge in [0.25, 0.3) is 5.91 Å². The van der Waals surface area contributed by atoms with Crippen molar-refractivity contribution in [3.05, 3.63) is 0 Å². The van der Waals surface area contributed by atoms with Crippen LogP contribution in [0.25, 0.3) is 0 Å². The predicted octanol–water partition coefficient (Wildman–Crippen LogP) is 1.92. The van der Waals surface area contributed by atoms with Gasteiger partial charge in [0.2, 0.25) is 0 Å². The van der Waals surface area contributed by atoms with Crippen molar-refractivity contribution >= 4 is 5.91 Å². The molecule has 1 atom stereocenters. The Balaban J connectivity index is 2.74. The number of nitrogens with zero attached hydrogens (tertiary/aromatic N) is 1. The van der Waals surface area contributed by atoms with Gasteiger partial charge in [-0.1, -0.05) is 6.92 Å². The molecule has 4 heteroatoms. The predicted molar refractivity (Wildman–Crippen MR) is 73.3 cm³/mol. The van der Waals surface area contributed by atoms with Crippen LogP contribution in [-0.4, -0.2) is 42.1 Å². The molecule has 18 heavy (non-hydrogen) atoms. The van der Waals surface area contributed by atoms with E-state index in [4.69, 9.17) is 10.5 Å². The fourth-order valence-corrected chi connectivity index (χ4v) is 2.67. The molecule has 0 aliphatic heterocycles. The lowest BCUT2D eigenvalue weighted by Gasteiger charge is -2.40. The van der Waals surface area contributed by atoms with E-state index >= 15 is 0 Å². The Bertz CT molecular complexity index is 269. The lowest BCUT2D eigenvalue weighted by Crippen LogP contribution is -2.53. The maximum Gasteiger partial charge on any atom is 0.254 e. The van der Waals surface area contributed by atoms with Crippen LogP contribution in [0.15, 0.2) is 0 Å². The van der Waals surface area contributed by atoms with Crippen LogP contribution in [0, 0.1) is 0 Å². The van der Waals surface area contributed by atoms with Gasteiger partial charge in [0.15, 0.2) is 0 Å². The standard InChI is InChI=1S/C14H28N2O2/c1-5-14(3,18-4)13(17)16(6-2)12-9-7-11(15)8-10-12/h11-12H,5-10,15H2,1-4H3. The first-order valence-electron chi connectivity index (χ1n) is 7.10. The van der Waals surface area contributed by atoms with Gasteiger partial charge in [-0.05, 0) is 46.0 Å². The third-order valence-corrected chi connectivity index (χ3v) is 4.36. The molecule has 1 aliphatic rings. The summed E-state index contributed by atoms with van der Waals surface area (Å²) in [4.78, 5) is 14.6. The molecule has 106 valence electrons. The summed E-state index contributed by atoms with van der Waals surface area (Å²) in [5.41, 5.74) is 5.24. The van der Waals surface area contributed by atoms with E-state index in [0.29, 0.717) is 18.5 Å². The molecule has 0 spiro atoms. The summed E-state index contributed by atoms with van der Waals surface area (Å²) in [5, 5.41) is 0. The van der Waals surface area contributed by atoms with Crippen molar-refractivity contribution in [1.82, 2.24) is 4.90 Å². The first-order chi connectivity index (χ1) is 8.48. The quantitative estimate of drug-likeness (QED) is 0.817. The number of likely N-dealkylation sites (N-methyl/N-ethyl adjacent to an activating group) is 1. The highest BCUT2D eigenvalue weighted by Gasteiger charge is 2.38. The molecule has 0 bridgehead atoms. The van der Waals surface area contributed by atoms with Crippen LogP contribution in [0.2, 0.25) is 0 Å². The molecule has 1 saturated carbocycles. The maximum atomic E-state index is 12.6. The van der Waals surface area contributed by atoms with E-state index in [1.807, 2.05) is 25.7 Å². The Morgan fingerprint density at radius 3 is 2.28 bits per heavy atom. The Hall–Kier alpha value is -0.610. The van der Waals surface area contributed by atoms with Crippen molar-refractivity contribution in [3.63, 3.8) is 0 Å². The molecule has 1 aliphatic carbocycles. The molecule has 0 heterocycles. The monoisotopic (exact) mass is 256 g/mol. The van der Waals surface area contributed by atoms with Crippen molar-refractivity contribution in [2.24, 2.45) is 5.73 Å². The minimum absolute atomic E-state index is 0.121. The Morgan fingerprint density at radius 1 is 1.33 bits per heavy atom. The van der Waals surface area contributed by atoms with Gasteiger partial charge in [-0.3, -0.25) is 4.79 Å². The van der Waals surface area contributed by atoms with E-state index in [2.05, 4.69) is 0 Å². The zero-order valence-corrected chi connectivity index (χ0v) is 12.2. The molecule has 1 amide bonds. The van der Waals surface area contributed by atoms with E-state index in [9.17, 15) is 4.79 Å². The van der Waals surface area contributed by atoms with E-state index < -0.39 is 5.60 Å². The lowest BCUT2D eigenvalue weighted by atomic mass is 9.89. The number of nitrogens with two attached hydrogens (primary N) is 1. The van der Waals surface area contributed by atoms with Crippen molar-refractivity contribution < 1.29 is 9.53 Å². The van der Waals surface area contributed by atoms with Gasteiger partial charge in [-0.15, -0.1) is 0 Å². The van der Waals surface area contributed by atoms with Crippen molar-refractivity contribution in [2.45, 2.75) is 70.6 Å². The highest BCUT2D eigenvalue weighted by Crippen LogP contribution is 2.26. The van der Waals surface area contributed by atoms with Crippen LogP contribution in [0.4, 0.5) is 0 Å². The van der Waals surface area contributed by atoms with Gasteiger partial charge >= 0.3 is 0 Å². The fourth-order valence-electron chi connectivity index (χ4n) is 2.67. The number of methoxy groups -OCH3 is 1. The van der Waals surface area contributed by atoms with Gasteiger partial charge in [0.05, 0.1) is 0 Å². The van der Waals surface area contributed by atoms with Gasteiger partial charge in [-0.25, -0.2) is 0 Å². The van der Waals surface area contributed by atoms with Crippen LogP contribution in [-0.2, 0) is 9.53 Å². The van der Waals surface area contributed by atoms with Crippen molar-refractivity contribution in [3.8, 4) is 0 Å². The summed E-state index contributed by atoms with van der Waals surface area (Å²) in [6.45, 7) is 6.66. The minimum atomic E-state index is -0.685. The van der Waals surface area contributed by atoms with Crippen molar-refractivity contribution in [1.29, 1.82) is 0 Å². The molecule has 4 nitrogen and oxygen atoms in total. The van der Waals surface area contributed by atoms with Gasteiger partial charge in [-0.2, -0.15) is 0 Å². The number of rotatable bonds is 5.